The summed E-state index contributed by atoms with van der Waals surface area (Å²) in [6, 6.07) is 0. The van der Waals surface area contributed by atoms with Crippen molar-refractivity contribution >= 4 is 0 Å². The fraction of sp³-hybridized carbons (Fsp3) is 0.750. The molecule has 2 heterocycles. The van der Waals surface area contributed by atoms with Crippen molar-refractivity contribution in [3.8, 4) is 0 Å². The fourth-order valence-corrected chi connectivity index (χ4v) is 2.08. The molecule has 86 valence electrons. The Morgan fingerprint density at radius 3 is 1.57 bits per heavy atom. The maximum Gasteiger partial charge on any atom is 2.00 e. The number of ether oxygens (including phenoxy) is 1. The maximum atomic E-state index is 5.62. The van der Waals surface area contributed by atoms with E-state index in [0.717, 1.165) is 0 Å². The van der Waals surface area contributed by atoms with Gasteiger partial charge in [-0.25, -0.2) is 0 Å². The fourth-order valence-electron chi connectivity index (χ4n) is 2.08. The van der Waals surface area contributed by atoms with Crippen LogP contribution in [0, 0.1) is 11.8 Å². The minimum absolute atomic E-state index is 0. The van der Waals surface area contributed by atoms with Crippen LogP contribution >= 0.6 is 0 Å². The summed E-state index contributed by atoms with van der Waals surface area (Å²) < 4.78 is 5.61. The van der Waals surface area contributed by atoms with Crippen LogP contribution in [-0.4, -0.2) is 25.3 Å². The molecule has 6 heteroatoms. The molecule has 2 bridgehead atoms. The molecule has 4 N–H and O–H groups in total. The van der Waals surface area contributed by atoms with E-state index in [0.29, 0.717) is 24.9 Å². The molecule has 0 spiro atoms. The van der Waals surface area contributed by atoms with Crippen LogP contribution in [0.25, 0.3) is 0 Å². The van der Waals surface area contributed by atoms with Gasteiger partial charge < -0.3 is 41.0 Å². The number of nitrogens with two attached hydrogens (primary N) is 2. The van der Waals surface area contributed by atoms with Crippen molar-refractivity contribution in [2.45, 2.75) is 12.2 Å². The molecule has 4 atom stereocenters. The Bertz CT molecular complexity index is 176. The first kappa shape index (κ1) is 17.3. The quantitative estimate of drug-likeness (QED) is 0.437. The molecule has 0 saturated carbocycles. The summed E-state index contributed by atoms with van der Waals surface area (Å²) in [6.07, 6.45) is 4.71. The first-order valence-corrected chi connectivity index (χ1v) is 4.10. The Morgan fingerprint density at radius 1 is 0.929 bits per heavy atom. The molecule has 2 aliphatic heterocycles. The van der Waals surface area contributed by atoms with Gasteiger partial charge in [0, 0.05) is 11.8 Å². The standard InChI is InChI=1S/C8H14N2O.2ClH.Pt/c9-3-5-6(4-10)8-2-1-7(5)11-8;;;/h1-2,5-8H,3-4,9-10H2;2*1H;/q;;;+2/p-2. The van der Waals surface area contributed by atoms with Gasteiger partial charge in [-0.3, -0.25) is 0 Å². The van der Waals surface area contributed by atoms with Gasteiger partial charge in [0.25, 0.3) is 0 Å². The second-order valence-corrected chi connectivity index (χ2v) is 3.25. The van der Waals surface area contributed by atoms with Crippen molar-refractivity contribution in [2.75, 3.05) is 13.1 Å². The van der Waals surface area contributed by atoms with Gasteiger partial charge in [-0.15, -0.1) is 0 Å². The molecule has 0 aromatic heterocycles. The molecule has 4 unspecified atom stereocenters. The van der Waals surface area contributed by atoms with Gasteiger partial charge in [0.05, 0.1) is 12.2 Å². The van der Waals surface area contributed by atoms with Crippen LogP contribution in [0.5, 0.6) is 0 Å². The van der Waals surface area contributed by atoms with Crippen molar-refractivity contribution in [3.63, 3.8) is 0 Å². The van der Waals surface area contributed by atoms with Crippen LogP contribution in [-0.2, 0) is 25.8 Å². The molecule has 14 heavy (non-hydrogen) atoms. The molecular formula is C8H14Cl2N2OPt. The van der Waals surface area contributed by atoms with Gasteiger partial charge in [0.2, 0.25) is 0 Å². The first-order valence-electron chi connectivity index (χ1n) is 4.10. The topological polar surface area (TPSA) is 61.3 Å². The van der Waals surface area contributed by atoms with Crippen molar-refractivity contribution in [1.82, 2.24) is 0 Å². The van der Waals surface area contributed by atoms with Crippen LogP contribution in [0.15, 0.2) is 12.2 Å². The number of hydrogen-bond acceptors (Lipinski definition) is 3. The molecule has 0 aliphatic carbocycles. The summed E-state index contributed by atoms with van der Waals surface area (Å²) in [5.41, 5.74) is 11.2. The normalized spacial score (nSPS) is 37.0. The van der Waals surface area contributed by atoms with E-state index in [1.165, 1.54) is 0 Å². The number of hydrogen-bond donors (Lipinski definition) is 2. The molecule has 0 aromatic rings. The van der Waals surface area contributed by atoms with Crippen LogP contribution in [0.2, 0.25) is 0 Å². The van der Waals surface area contributed by atoms with E-state index in [9.17, 15) is 0 Å². The number of rotatable bonds is 2. The van der Waals surface area contributed by atoms with E-state index in [-0.39, 0.29) is 58.1 Å². The zero-order chi connectivity index (χ0) is 7.84. The molecular weight excluding hydrogens is 406 g/mol. The average molecular weight is 420 g/mol. The molecule has 0 amide bonds. The monoisotopic (exact) mass is 419 g/mol. The van der Waals surface area contributed by atoms with Crippen molar-refractivity contribution in [2.24, 2.45) is 23.3 Å². The Kier molecular flexibility index (Phi) is 8.90. The van der Waals surface area contributed by atoms with Crippen molar-refractivity contribution in [1.29, 1.82) is 0 Å². The Morgan fingerprint density at radius 2 is 1.29 bits per heavy atom. The van der Waals surface area contributed by atoms with E-state index in [1.807, 2.05) is 0 Å². The van der Waals surface area contributed by atoms with Gasteiger partial charge in [-0.05, 0) is 13.1 Å². The summed E-state index contributed by atoms with van der Waals surface area (Å²) in [5, 5.41) is 0. The van der Waals surface area contributed by atoms with E-state index in [2.05, 4.69) is 12.2 Å². The van der Waals surface area contributed by atoms with Gasteiger partial charge in [-0.1, -0.05) is 12.2 Å². The van der Waals surface area contributed by atoms with Crippen LogP contribution in [0.3, 0.4) is 0 Å². The maximum absolute atomic E-state index is 5.62. The van der Waals surface area contributed by atoms with E-state index >= 15 is 0 Å². The van der Waals surface area contributed by atoms with E-state index in [1.54, 1.807) is 0 Å². The SMILES string of the molecule is NCC1C2C=CC(O2)C1CN.[Cl-].[Cl-].[Pt+2]. The third-order valence-electron chi connectivity index (χ3n) is 2.74. The predicted octanol–water partition coefficient (Wildman–Crippen LogP) is -6.52. The van der Waals surface area contributed by atoms with E-state index in [4.69, 9.17) is 16.2 Å². The van der Waals surface area contributed by atoms with Crippen LogP contribution in [0.4, 0.5) is 0 Å². The summed E-state index contributed by atoms with van der Waals surface area (Å²) in [7, 11) is 0. The first-order chi connectivity index (χ1) is 5.36. The molecule has 1 fully saturated rings. The van der Waals surface area contributed by atoms with Crippen molar-refractivity contribution < 1.29 is 50.6 Å². The van der Waals surface area contributed by atoms with Gasteiger partial charge in [0.1, 0.15) is 0 Å². The molecule has 3 nitrogen and oxygen atoms in total. The molecule has 2 aliphatic rings. The van der Waals surface area contributed by atoms with Gasteiger partial charge >= 0.3 is 21.1 Å². The second kappa shape index (κ2) is 7.21. The zero-order valence-electron chi connectivity index (χ0n) is 7.51. The minimum atomic E-state index is 0. The third-order valence-corrected chi connectivity index (χ3v) is 2.74. The second-order valence-electron chi connectivity index (χ2n) is 3.25. The number of fused-ring (bicyclic) bond motifs is 2. The van der Waals surface area contributed by atoms with Gasteiger partial charge in [-0.2, -0.15) is 0 Å². The predicted molar refractivity (Wildman–Crippen MR) is 42.9 cm³/mol. The Labute approximate surface area is 111 Å². The minimum Gasteiger partial charge on any atom is -1.00 e. The summed E-state index contributed by atoms with van der Waals surface area (Å²) >= 11 is 0. The number of halogens is 2. The third kappa shape index (κ3) is 2.72. The van der Waals surface area contributed by atoms with E-state index < -0.39 is 0 Å². The van der Waals surface area contributed by atoms with Crippen LogP contribution in [0.1, 0.15) is 0 Å². The molecule has 2 rings (SSSR count). The van der Waals surface area contributed by atoms with Gasteiger partial charge in [0.15, 0.2) is 0 Å². The largest absolute Gasteiger partial charge is 2.00 e. The molecule has 0 aromatic carbocycles. The van der Waals surface area contributed by atoms with Crippen molar-refractivity contribution in [3.05, 3.63) is 12.2 Å². The molecule has 0 radical (unpaired) electrons. The molecule has 1 saturated heterocycles. The summed E-state index contributed by atoms with van der Waals surface area (Å²) in [4.78, 5) is 0. The summed E-state index contributed by atoms with van der Waals surface area (Å²) in [5.74, 6) is 0.907. The Hall–Kier alpha value is 0.888. The zero-order valence-corrected chi connectivity index (χ0v) is 11.3. The summed E-state index contributed by atoms with van der Waals surface area (Å²) in [6.45, 7) is 1.38. The van der Waals surface area contributed by atoms with Crippen LogP contribution < -0.4 is 36.3 Å². The Balaban J connectivity index is 0. The smallest absolute Gasteiger partial charge is 1.00 e. The average Bonchev–Trinajstić information content (AvgIpc) is 2.60.